The van der Waals surface area contributed by atoms with Gasteiger partial charge >= 0.3 is 0 Å². The summed E-state index contributed by atoms with van der Waals surface area (Å²) in [5.41, 5.74) is 5.23. The predicted molar refractivity (Wildman–Crippen MR) is 139 cm³/mol. The van der Waals surface area contributed by atoms with Crippen LogP contribution in [0.3, 0.4) is 0 Å². The molecule has 2 aliphatic carbocycles. The zero-order chi connectivity index (χ0) is 26.6. The Bertz CT molecular complexity index is 817. The Labute approximate surface area is 211 Å². The van der Waals surface area contributed by atoms with E-state index in [-0.39, 0.29) is 42.1 Å². The second kappa shape index (κ2) is 14.6. The molecule has 3 fully saturated rings. The van der Waals surface area contributed by atoms with Gasteiger partial charge in [0.05, 0.1) is 11.3 Å². The standard InChI is InChI=1S/C15H25NO3S.C8H15N3O2.C2H6/c1-3-4-5-6-7-8-12-11-13(12)14(17)16-20(18,19)15(2)9-10-15;1-10-8(13)6-3-2-4-11(6)7(12)5-9;1-2/h7-8,12-13H,3-6,9-11H2,1-2H3,(H,16,17);6H,2-5,9H2,1H3,(H,10,13);1-2H3/b8-7-;;/t12?,13-;6-;/m00./s1. The fourth-order valence-electron chi connectivity index (χ4n) is 3.91. The van der Waals surface area contributed by atoms with Gasteiger partial charge in [-0.25, -0.2) is 8.42 Å². The summed E-state index contributed by atoms with van der Waals surface area (Å²) in [6.45, 7) is 8.49. The van der Waals surface area contributed by atoms with E-state index in [1.54, 1.807) is 18.9 Å². The monoisotopic (exact) mass is 514 g/mol. The van der Waals surface area contributed by atoms with E-state index < -0.39 is 14.8 Å². The molecule has 9 nitrogen and oxygen atoms in total. The summed E-state index contributed by atoms with van der Waals surface area (Å²) >= 11 is 0. The first-order chi connectivity index (χ1) is 16.6. The van der Waals surface area contributed by atoms with Gasteiger partial charge in [-0.05, 0) is 57.8 Å². The quantitative estimate of drug-likeness (QED) is 0.302. The van der Waals surface area contributed by atoms with Gasteiger partial charge in [-0.2, -0.15) is 0 Å². The zero-order valence-electron chi connectivity index (χ0n) is 22.1. The van der Waals surface area contributed by atoms with Gasteiger partial charge in [-0.3, -0.25) is 19.1 Å². The van der Waals surface area contributed by atoms with Crippen LogP contribution in [0.4, 0.5) is 0 Å². The third-order valence-corrected chi connectivity index (χ3v) is 8.84. The van der Waals surface area contributed by atoms with E-state index in [4.69, 9.17) is 5.73 Å². The molecule has 0 radical (unpaired) electrons. The molecule has 1 heterocycles. The van der Waals surface area contributed by atoms with Gasteiger partial charge in [0.1, 0.15) is 6.04 Å². The van der Waals surface area contributed by atoms with E-state index in [1.807, 2.05) is 13.8 Å². The molecule has 3 amide bonds. The molecule has 1 aliphatic heterocycles. The van der Waals surface area contributed by atoms with Crippen molar-refractivity contribution in [3.8, 4) is 0 Å². The van der Waals surface area contributed by atoms with Gasteiger partial charge in [-0.15, -0.1) is 0 Å². The number of carbonyl (C=O) groups excluding carboxylic acids is 3. The fourth-order valence-corrected chi connectivity index (χ4v) is 5.21. The second-order valence-corrected chi connectivity index (χ2v) is 11.6. The van der Waals surface area contributed by atoms with Crippen LogP contribution in [0.1, 0.15) is 85.5 Å². The third-order valence-electron chi connectivity index (χ3n) is 6.67. The lowest BCUT2D eigenvalue weighted by atomic mass is 10.2. The SMILES string of the molecule is CC.CCCCC/C=C\C1C[C@@H]1C(=O)NS(=O)(=O)C1(C)CC1.CNC(=O)[C@@H]1CCCN1C(=O)CN. The maximum Gasteiger partial charge on any atom is 0.242 e. The van der Waals surface area contributed by atoms with E-state index in [0.717, 1.165) is 25.7 Å². The third kappa shape index (κ3) is 9.22. The number of unbranched alkanes of at least 4 members (excludes halogenated alkanes) is 3. The number of nitrogens with two attached hydrogens (primary N) is 1. The Hall–Kier alpha value is -1.94. The summed E-state index contributed by atoms with van der Waals surface area (Å²) in [5, 5.41) is 2.54. The van der Waals surface area contributed by atoms with Crippen molar-refractivity contribution in [3.63, 3.8) is 0 Å². The normalized spacial score (nSPS) is 23.9. The average molecular weight is 515 g/mol. The first-order valence-electron chi connectivity index (χ1n) is 13.0. The molecule has 1 saturated heterocycles. The van der Waals surface area contributed by atoms with Crippen LogP contribution in [0.15, 0.2) is 12.2 Å². The number of rotatable bonds is 10. The number of carbonyl (C=O) groups is 3. The van der Waals surface area contributed by atoms with E-state index in [2.05, 4.69) is 29.1 Å². The Balaban J connectivity index is 0.000000354. The molecule has 1 unspecified atom stereocenters. The van der Waals surface area contributed by atoms with Crippen LogP contribution < -0.4 is 15.8 Å². The zero-order valence-corrected chi connectivity index (χ0v) is 23.0. The largest absolute Gasteiger partial charge is 0.357 e. The molecule has 0 spiro atoms. The molecule has 202 valence electrons. The molecular weight excluding hydrogens is 468 g/mol. The smallest absolute Gasteiger partial charge is 0.242 e. The summed E-state index contributed by atoms with van der Waals surface area (Å²) in [5.74, 6) is -0.472. The van der Waals surface area contributed by atoms with Crippen LogP contribution in [0.25, 0.3) is 0 Å². The molecule has 10 heteroatoms. The molecule has 4 N–H and O–H groups in total. The number of nitrogens with zero attached hydrogens (tertiary/aromatic N) is 1. The van der Waals surface area contributed by atoms with E-state index in [9.17, 15) is 22.8 Å². The summed E-state index contributed by atoms with van der Waals surface area (Å²) in [6.07, 6.45) is 12.6. The van der Waals surface area contributed by atoms with Gasteiger partial charge in [-0.1, -0.05) is 45.8 Å². The molecule has 0 aromatic carbocycles. The van der Waals surface area contributed by atoms with Crippen molar-refractivity contribution in [2.24, 2.45) is 17.6 Å². The number of nitrogens with one attached hydrogen (secondary N) is 2. The topological polar surface area (TPSA) is 139 Å². The maximum atomic E-state index is 11.9. The number of allylic oxidation sites excluding steroid dienone is 2. The van der Waals surface area contributed by atoms with Crippen molar-refractivity contribution >= 4 is 27.7 Å². The van der Waals surface area contributed by atoms with Gasteiger partial charge in [0.25, 0.3) is 0 Å². The molecule has 35 heavy (non-hydrogen) atoms. The van der Waals surface area contributed by atoms with Crippen molar-refractivity contribution in [3.05, 3.63) is 12.2 Å². The van der Waals surface area contributed by atoms with Crippen molar-refractivity contribution in [1.82, 2.24) is 14.9 Å². The van der Waals surface area contributed by atoms with Gasteiger partial charge in [0.15, 0.2) is 0 Å². The van der Waals surface area contributed by atoms with E-state index in [0.29, 0.717) is 19.4 Å². The molecule has 3 atom stereocenters. The molecule has 0 aromatic rings. The van der Waals surface area contributed by atoms with Crippen molar-refractivity contribution in [1.29, 1.82) is 0 Å². The lowest BCUT2D eigenvalue weighted by molar-refractivity contribution is -0.137. The number of sulfonamides is 1. The molecule has 0 bridgehead atoms. The van der Waals surface area contributed by atoms with Crippen LogP contribution in [-0.2, 0) is 24.4 Å². The van der Waals surface area contributed by atoms with Crippen LogP contribution in [0.5, 0.6) is 0 Å². The van der Waals surface area contributed by atoms with Crippen LogP contribution >= 0.6 is 0 Å². The number of likely N-dealkylation sites (tertiary alicyclic amines) is 1. The van der Waals surface area contributed by atoms with Gasteiger partial charge in [0, 0.05) is 19.5 Å². The van der Waals surface area contributed by atoms with Crippen LogP contribution in [0.2, 0.25) is 0 Å². The Kier molecular flexibility index (Phi) is 13.0. The summed E-state index contributed by atoms with van der Waals surface area (Å²) < 4.78 is 25.4. The average Bonchev–Trinajstić information content (AvgIpc) is 3.75. The number of amides is 3. The van der Waals surface area contributed by atoms with Crippen molar-refractivity contribution < 1.29 is 22.8 Å². The number of hydrogen-bond donors (Lipinski definition) is 3. The van der Waals surface area contributed by atoms with E-state index in [1.165, 1.54) is 19.3 Å². The minimum atomic E-state index is -3.47. The molecule has 3 rings (SSSR count). The summed E-state index contributed by atoms with van der Waals surface area (Å²) in [6, 6.07) is -0.305. The minimum Gasteiger partial charge on any atom is -0.357 e. The summed E-state index contributed by atoms with van der Waals surface area (Å²) in [7, 11) is -1.90. The molecule has 2 saturated carbocycles. The van der Waals surface area contributed by atoms with Crippen LogP contribution in [0, 0.1) is 11.8 Å². The fraction of sp³-hybridized carbons (Fsp3) is 0.800. The highest BCUT2D eigenvalue weighted by Crippen LogP contribution is 2.44. The van der Waals surface area contributed by atoms with Crippen LogP contribution in [-0.4, -0.2) is 62.0 Å². The van der Waals surface area contributed by atoms with Crippen molar-refractivity contribution in [2.45, 2.75) is 96.3 Å². The second-order valence-electron chi connectivity index (χ2n) is 9.41. The Morgan fingerprint density at radius 2 is 1.80 bits per heavy atom. The van der Waals surface area contributed by atoms with Gasteiger partial charge < -0.3 is 16.0 Å². The highest BCUT2D eigenvalue weighted by molar-refractivity contribution is 7.91. The molecule has 3 aliphatic rings. The highest BCUT2D eigenvalue weighted by Gasteiger charge is 2.52. The maximum absolute atomic E-state index is 11.9. The lowest BCUT2D eigenvalue weighted by Gasteiger charge is -2.22. The Morgan fingerprint density at radius 3 is 2.34 bits per heavy atom. The number of likely N-dealkylation sites (N-methyl/N-ethyl adjacent to an activating group) is 1. The molecule has 0 aromatic heterocycles. The first kappa shape index (κ1) is 31.1. The van der Waals surface area contributed by atoms with Gasteiger partial charge in [0.2, 0.25) is 27.7 Å². The lowest BCUT2D eigenvalue weighted by Crippen LogP contribution is -2.46. The highest BCUT2D eigenvalue weighted by atomic mass is 32.2. The molecular formula is C25H46N4O5S. The minimum absolute atomic E-state index is 0.0203. The van der Waals surface area contributed by atoms with Crippen molar-refractivity contribution in [2.75, 3.05) is 20.1 Å². The van der Waals surface area contributed by atoms with E-state index >= 15 is 0 Å². The number of hydrogen-bond acceptors (Lipinski definition) is 6. The summed E-state index contributed by atoms with van der Waals surface area (Å²) in [4.78, 5) is 36.0. The first-order valence-corrected chi connectivity index (χ1v) is 14.5. The Morgan fingerprint density at radius 1 is 1.14 bits per heavy atom. The predicted octanol–water partition coefficient (Wildman–Crippen LogP) is 2.47.